The first kappa shape index (κ1) is 24.7. The van der Waals surface area contributed by atoms with Gasteiger partial charge in [0.2, 0.25) is 0 Å². The maximum Gasteiger partial charge on any atom is 0.255 e. The molecule has 0 aromatic heterocycles. The second-order valence-corrected chi connectivity index (χ2v) is 10.8. The van der Waals surface area contributed by atoms with Crippen molar-refractivity contribution in [2.75, 3.05) is 32.1 Å². The molecule has 1 amide bonds. The SMILES string of the molecule is CCN[C@@H]1C(O)=C(C(N)=O)C(=O)C2C(=O)C3=C(O)c4c(O)c5c(c(OC)c4C[C@H]3C[C@H]21)C1NCCC1CN5. The standard InChI is InChI=1S/C27H32N4O7/c1-3-29-19-11-6-10-7-12-15(22(33)13(10)21(32)14(11)23(34)17(25(19)36)27(28)37)24(35)20-16(26(12)38-2)18-9(8-31-20)4-5-30-18/h9-11,14,18-19,29-31,33,35-36H,3-8H2,1-2H3,(H2,28,37)/t9?,10-,11-,14?,18?,19+/m1/s1. The minimum Gasteiger partial charge on any atom is -0.510 e. The number of amides is 1. The summed E-state index contributed by atoms with van der Waals surface area (Å²) in [6.45, 7) is 3.73. The molecule has 11 nitrogen and oxygen atoms in total. The molecule has 0 spiro atoms. The Morgan fingerprint density at radius 1 is 1.21 bits per heavy atom. The van der Waals surface area contributed by atoms with Crippen LogP contribution in [0.15, 0.2) is 16.9 Å². The second-order valence-electron chi connectivity index (χ2n) is 10.8. The highest BCUT2D eigenvalue weighted by Gasteiger charge is 2.55. The van der Waals surface area contributed by atoms with Crippen LogP contribution in [0.5, 0.6) is 11.5 Å². The lowest BCUT2D eigenvalue weighted by atomic mass is 9.59. The number of Topliss-reactive ketones (excluding diaryl/α,β-unsaturated/α-hetero) is 2. The fourth-order valence-corrected chi connectivity index (χ4v) is 7.51. The number of aliphatic hydroxyl groups is 2. The van der Waals surface area contributed by atoms with E-state index in [0.29, 0.717) is 42.4 Å². The van der Waals surface area contributed by atoms with Crippen LogP contribution in [0.2, 0.25) is 0 Å². The number of nitrogens with one attached hydrogen (secondary N) is 3. The molecule has 0 bridgehead atoms. The average molecular weight is 525 g/mol. The Kier molecular flexibility index (Phi) is 5.69. The Balaban J connectivity index is 1.52. The van der Waals surface area contributed by atoms with Crippen LogP contribution in [0.25, 0.3) is 5.76 Å². The van der Waals surface area contributed by atoms with Gasteiger partial charge in [0.05, 0.1) is 30.3 Å². The number of fused-ring (bicyclic) bond motifs is 6. The van der Waals surface area contributed by atoms with Crippen molar-refractivity contribution < 1.29 is 34.4 Å². The monoisotopic (exact) mass is 524 g/mol. The maximum absolute atomic E-state index is 13.9. The average Bonchev–Trinajstić information content (AvgIpc) is 3.35. The third-order valence-corrected chi connectivity index (χ3v) is 9.03. The van der Waals surface area contributed by atoms with Gasteiger partial charge in [-0.05, 0) is 50.1 Å². The summed E-state index contributed by atoms with van der Waals surface area (Å²) in [5.74, 6) is -5.05. The molecule has 3 unspecified atom stereocenters. The summed E-state index contributed by atoms with van der Waals surface area (Å²) in [6.07, 6.45) is 1.57. The van der Waals surface area contributed by atoms with Gasteiger partial charge in [0.15, 0.2) is 17.3 Å². The second kappa shape index (κ2) is 8.74. The number of phenolic OH excluding ortho intramolecular Hbond substituents is 1. The third-order valence-electron chi connectivity index (χ3n) is 9.03. The van der Waals surface area contributed by atoms with E-state index in [4.69, 9.17) is 10.5 Å². The number of ether oxygens (including phenoxy) is 1. The molecule has 3 aliphatic carbocycles. The van der Waals surface area contributed by atoms with Gasteiger partial charge in [-0.3, -0.25) is 14.4 Å². The molecule has 6 atom stereocenters. The van der Waals surface area contributed by atoms with Crippen molar-refractivity contribution in [1.82, 2.24) is 10.6 Å². The lowest BCUT2D eigenvalue weighted by molar-refractivity contribution is -0.135. The third kappa shape index (κ3) is 3.18. The molecule has 2 fully saturated rings. The summed E-state index contributed by atoms with van der Waals surface area (Å²) >= 11 is 0. The van der Waals surface area contributed by atoms with Crippen molar-refractivity contribution in [2.45, 2.75) is 38.3 Å². The van der Waals surface area contributed by atoms with E-state index in [9.17, 15) is 29.7 Å². The maximum atomic E-state index is 13.9. The summed E-state index contributed by atoms with van der Waals surface area (Å²) in [7, 11) is 1.55. The minimum absolute atomic E-state index is 0.00862. The molecule has 11 heteroatoms. The number of phenols is 1. The topological polar surface area (TPSA) is 183 Å². The number of primary amides is 1. The summed E-state index contributed by atoms with van der Waals surface area (Å²) in [5.41, 5.74) is 6.90. The van der Waals surface area contributed by atoms with Crippen molar-refractivity contribution in [3.63, 3.8) is 0 Å². The molecule has 6 rings (SSSR count). The number of benzene rings is 1. The van der Waals surface area contributed by atoms with E-state index < -0.39 is 52.6 Å². The molecule has 1 aromatic carbocycles. The lowest BCUT2D eigenvalue weighted by Gasteiger charge is -2.45. The smallest absolute Gasteiger partial charge is 0.255 e. The molecule has 1 saturated carbocycles. The number of likely N-dealkylation sites (N-methyl/N-ethyl adjacent to an activating group) is 1. The number of hydrogen-bond donors (Lipinski definition) is 7. The molecule has 2 aliphatic heterocycles. The molecular weight excluding hydrogens is 492 g/mol. The number of aliphatic hydroxyl groups excluding tert-OH is 2. The number of hydrogen-bond acceptors (Lipinski definition) is 10. The van der Waals surface area contributed by atoms with Crippen molar-refractivity contribution in [1.29, 1.82) is 0 Å². The number of allylic oxidation sites excluding steroid dienone is 1. The zero-order chi connectivity index (χ0) is 27.0. The Bertz CT molecular complexity index is 1350. The Morgan fingerprint density at radius 3 is 2.66 bits per heavy atom. The first-order valence-electron chi connectivity index (χ1n) is 13.1. The van der Waals surface area contributed by atoms with Gasteiger partial charge in [-0.15, -0.1) is 0 Å². The normalized spacial score (nSPS) is 31.6. The molecule has 1 aromatic rings. The highest BCUT2D eigenvalue weighted by Crippen LogP contribution is 2.56. The predicted molar refractivity (Wildman–Crippen MR) is 137 cm³/mol. The van der Waals surface area contributed by atoms with Gasteiger partial charge in [0.1, 0.15) is 22.8 Å². The molecule has 0 radical (unpaired) electrons. The minimum atomic E-state index is -1.28. The van der Waals surface area contributed by atoms with Gasteiger partial charge < -0.3 is 41.7 Å². The van der Waals surface area contributed by atoms with Crippen LogP contribution in [0.3, 0.4) is 0 Å². The van der Waals surface area contributed by atoms with Crippen LogP contribution in [0.4, 0.5) is 5.69 Å². The Hall–Kier alpha value is -3.57. The van der Waals surface area contributed by atoms with Crippen LogP contribution in [0, 0.1) is 23.7 Å². The number of anilines is 1. The van der Waals surface area contributed by atoms with Gasteiger partial charge in [0, 0.05) is 29.3 Å². The molecule has 1 saturated heterocycles. The van der Waals surface area contributed by atoms with Gasteiger partial charge >= 0.3 is 0 Å². The summed E-state index contributed by atoms with van der Waals surface area (Å²) in [4.78, 5) is 39.3. The van der Waals surface area contributed by atoms with Crippen molar-refractivity contribution in [3.8, 4) is 11.5 Å². The fraction of sp³-hybridized carbons (Fsp3) is 0.519. The van der Waals surface area contributed by atoms with E-state index >= 15 is 0 Å². The molecule has 8 N–H and O–H groups in total. The van der Waals surface area contributed by atoms with Crippen molar-refractivity contribution in [2.24, 2.45) is 29.4 Å². The molecule has 2 heterocycles. The van der Waals surface area contributed by atoms with E-state index in [-0.39, 0.29) is 35.1 Å². The molecular formula is C27H32N4O7. The van der Waals surface area contributed by atoms with E-state index in [1.54, 1.807) is 7.11 Å². The zero-order valence-electron chi connectivity index (χ0n) is 21.3. The summed E-state index contributed by atoms with van der Waals surface area (Å²) in [6, 6.07) is -0.823. The van der Waals surface area contributed by atoms with E-state index in [2.05, 4.69) is 16.0 Å². The van der Waals surface area contributed by atoms with Crippen LogP contribution < -0.4 is 26.4 Å². The van der Waals surface area contributed by atoms with E-state index in [1.165, 1.54) is 0 Å². The van der Waals surface area contributed by atoms with Gasteiger partial charge in [-0.1, -0.05) is 6.92 Å². The van der Waals surface area contributed by atoms with Crippen LogP contribution in [0.1, 0.15) is 42.5 Å². The number of ketones is 2. The number of nitrogens with two attached hydrogens (primary N) is 1. The van der Waals surface area contributed by atoms with Crippen molar-refractivity contribution >= 4 is 28.9 Å². The molecule has 38 heavy (non-hydrogen) atoms. The largest absolute Gasteiger partial charge is 0.510 e. The fourth-order valence-electron chi connectivity index (χ4n) is 7.51. The van der Waals surface area contributed by atoms with E-state index in [1.807, 2.05) is 6.92 Å². The number of carbonyl (C=O) groups excluding carboxylic acids is 3. The predicted octanol–water partition coefficient (Wildman–Crippen LogP) is 0.982. The van der Waals surface area contributed by atoms with E-state index in [0.717, 1.165) is 18.5 Å². The Morgan fingerprint density at radius 2 is 1.97 bits per heavy atom. The first-order chi connectivity index (χ1) is 18.2. The highest BCUT2D eigenvalue weighted by atomic mass is 16.5. The van der Waals surface area contributed by atoms with Gasteiger partial charge in [-0.25, -0.2) is 0 Å². The van der Waals surface area contributed by atoms with Crippen LogP contribution >= 0.6 is 0 Å². The molecule has 5 aliphatic rings. The number of rotatable bonds is 4. The zero-order valence-corrected chi connectivity index (χ0v) is 21.3. The molecule has 202 valence electrons. The first-order valence-corrected chi connectivity index (χ1v) is 13.1. The Labute approximate surface area is 219 Å². The summed E-state index contributed by atoms with van der Waals surface area (Å²) < 4.78 is 5.89. The number of carbonyl (C=O) groups is 3. The number of methoxy groups -OCH3 is 1. The van der Waals surface area contributed by atoms with Crippen LogP contribution in [-0.4, -0.2) is 65.6 Å². The summed E-state index contributed by atoms with van der Waals surface area (Å²) in [5, 5.41) is 43.6. The highest BCUT2D eigenvalue weighted by molar-refractivity contribution is 6.28. The van der Waals surface area contributed by atoms with Crippen LogP contribution in [-0.2, 0) is 20.8 Å². The quantitative estimate of drug-likeness (QED) is 0.170. The number of aromatic hydroxyl groups is 1. The lowest BCUT2D eigenvalue weighted by Crippen LogP contribution is -2.56. The van der Waals surface area contributed by atoms with Gasteiger partial charge in [0.25, 0.3) is 5.91 Å². The van der Waals surface area contributed by atoms with Crippen molar-refractivity contribution in [3.05, 3.63) is 33.6 Å². The van der Waals surface area contributed by atoms with Gasteiger partial charge in [-0.2, -0.15) is 0 Å².